The van der Waals surface area contributed by atoms with Gasteiger partial charge in [0.1, 0.15) is 5.76 Å². The summed E-state index contributed by atoms with van der Waals surface area (Å²) in [7, 11) is 0. The van der Waals surface area contributed by atoms with E-state index in [9.17, 15) is 0 Å². The lowest BCUT2D eigenvalue weighted by Gasteiger charge is -2.04. The van der Waals surface area contributed by atoms with Crippen molar-refractivity contribution in [1.29, 1.82) is 0 Å². The van der Waals surface area contributed by atoms with Gasteiger partial charge in [-0.15, -0.1) is 0 Å². The predicted molar refractivity (Wildman–Crippen MR) is 42.4 cm³/mol. The van der Waals surface area contributed by atoms with Crippen molar-refractivity contribution in [2.75, 3.05) is 0 Å². The van der Waals surface area contributed by atoms with Crippen LogP contribution in [0.2, 0.25) is 0 Å². The molecule has 1 rings (SSSR count). The van der Waals surface area contributed by atoms with Gasteiger partial charge in [-0.1, -0.05) is 0 Å². The smallest absolute Gasteiger partial charge is 0.284 e. The normalized spacial score (nSPS) is 10.5. The third kappa shape index (κ3) is 2.27. The molecule has 11 heavy (non-hydrogen) atoms. The van der Waals surface area contributed by atoms with Crippen molar-refractivity contribution in [2.24, 2.45) is 5.73 Å². The summed E-state index contributed by atoms with van der Waals surface area (Å²) in [6.07, 6.45) is 0.145. The average molecular weight is 155 g/mol. The van der Waals surface area contributed by atoms with Gasteiger partial charge in [-0.3, -0.25) is 0 Å². The van der Waals surface area contributed by atoms with E-state index in [2.05, 4.69) is 0 Å². The standard InChI is InChI=1S/C8H13NO2/c1-6(2)10-8-4-3-7(5-9)11-8/h3-4,6H,5,9H2,1-2H3. The van der Waals surface area contributed by atoms with Crippen LogP contribution in [0.1, 0.15) is 19.6 Å². The van der Waals surface area contributed by atoms with Gasteiger partial charge in [0.25, 0.3) is 5.95 Å². The van der Waals surface area contributed by atoms with Crippen LogP contribution in [0.25, 0.3) is 0 Å². The van der Waals surface area contributed by atoms with Crippen LogP contribution in [-0.2, 0) is 6.54 Å². The van der Waals surface area contributed by atoms with E-state index in [0.717, 1.165) is 5.76 Å². The SMILES string of the molecule is CC(C)Oc1ccc(CN)o1. The molecule has 0 aliphatic heterocycles. The Balaban J connectivity index is 2.58. The summed E-state index contributed by atoms with van der Waals surface area (Å²) in [6, 6.07) is 3.60. The maximum Gasteiger partial charge on any atom is 0.284 e. The fourth-order valence-electron chi connectivity index (χ4n) is 0.764. The van der Waals surface area contributed by atoms with Crippen LogP contribution in [0.15, 0.2) is 16.5 Å². The summed E-state index contributed by atoms with van der Waals surface area (Å²) < 4.78 is 10.5. The Kier molecular flexibility index (Phi) is 2.54. The number of hydrogen-bond donors (Lipinski definition) is 1. The van der Waals surface area contributed by atoms with Crippen LogP contribution in [-0.4, -0.2) is 6.10 Å². The zero-order chi connectivity index (χ0) is 8.27. The predicted octanol–water partition coefficient (Wildman–Crippen LogP) is 1.53. The maximum absolute atomic E-state index is 5.34. The highest BCUT2D eigenvalue weighted by atomic mass is 16.6. The molecule has 3 heteroatoms. The van der Waals surface area contributed by atoms with Gasteiger partial charge in [-0.05, 0) is 19.9 Å². The number of hydrogen-bond acceptors (Lipinski definition) is 3. The van der Waals surface area contributed by atoms with Gasteiger partial charge < -0.3 is 14.9 Å². The minimum absolute atomic E-state index is 0.145. The average Bonchev–Trinajstić information content (AvgIpc) is 2.34. The van der Waals surface area contributed by atoms with E-state index in [1.54, 1.807) is 6.07 Å². The highest BCUT2D eigenvalue weighted by molar-refractivity contribution is 5.11. The van der Waals surface area contributed by atoms with Gasteiger partial charge in [-0.25, -0.2) is 0 Å². The van der Waals surface area contributed by atoms with E-state index in [1.165, 1.54) is 0 Å². The summed E-state index contributed by atoms with van der Waals surface area (Å²) in [6.45, 7) is 4.32. The Morgan fingerprint density at radius 3 is 2.73 bits per heavy atom. The number of nitrogens with two attached hydrogens (primary N) is 1. The van der Waals surface area contributed by atoms with Gasteiger partial charge in [0.2, 0.25) is 0 Å². The highest BCUT2D eigenvalue weighted by Gasteiger charge is 2.02. The second-order valence-electron chi connectivity index (χ2n) is 2.59. The molecule has 0 atom stereocenters. The minimum atomic E-state index is 0.145. The zero-order valence-corrected chi connectivity index (χ0v) is 6.83. The van der Waals surface area contributed by atoms with Crippen LogP contribution in [0.4, 0.5) is 0 Å². The molecule has 3 nitrogen and oxygen atoms in total. The first-order valence-electron chi connectivity index (χ1n) is 3.68. The van der Waals surface area contributed by atoms with Gasteiger partial charge in [-0.2, -0.15) is 0 Å². The number of rotatable bonds is 3. The van der Waals surface area contributed by atoms with Crippen molar-refractivity contribution in [1.82, 2.24) is 0 Å². The largest absolute Gasteiger partial charge is 0.462 e. The molecule has 0 aliphatic carbocycles. The Hall–Kier alpha value is -0.960. The lowest BCUT2D eigenvalue weighted by molar-refractivity contribution is 0.182. The molecule has 0 spiro atoms. The Labute approximate surface area is 66.1 Å². The molecule has 0 radical (unpaired) electrons. The fraction of sp³-hybridized carbons (Fsp3) is 0.500. The molecule has 2 N–H and O–H groups in total. The molecule has 1 heterocycles. The van der Waals surface area contributed by atoms with E-state index in [4.69, 9.17) is 14.9 Å². The van der Waals surface area contributed by atoms with Crippen LogP contribution in [0.5, 0.6) is 5.95 Å². The quantitative estimate of drug-likeness (QED) is 0.720. The van der Waals surface area contributed by atoms with Crippen molar-refractivity contribution >= 4 is 0 Å². The third-order valence-corrected chi connectivity index (χ3v) is 1.19. The second-order valence-corrected chi connectivity index (χ2v) is 2.59. The van der Waals surface area contributed by atoms with E-state index < -0.39 is 0 Å². The molecule has 0 saturated heterocycles. The van der Waals surface area contributed by atoms with Crippen molar-refractivity contribution in [2.45, 2.75) is 26.5 Å². The molecule has 1 aromatic rings. The Morgan fingerprint density at radius 1 is 1.55 bits per heavy atom. The molecule has 0 bridgehead atoms. The molecular weight excluding hydrogens is 142 g/mol. The molecule has 0 aromatic carbocycles. The molecule has 0 aliphatic rings. The lowest BCUT2D eigenvalue weighted by atomic mass is 10.4. The topological polar surface area (TPSA) is 48.4 Å². The van der Waals surface area contributed by atoms with Crippen LogP contribution in [0.3, 0.4) is 0 Å². The van der Waals surface area contributed by atoms with Crippen LogP contribution in [0, 0.1) is 0 Å². The Bertz CT molecular complexity index is 218. The monoisotopic (exact) mass is 155 g/mol. The summed E-state index contributed by atoms with van der Waals surface area (Å²) in [5, 5.41) is 0. The lowest BCUT2D eigenvalue weighted by Crippen LogP contribution is -2.04. The van der Waals surface area contributed by atoms with Crippen molar-refractivity contribution in [3.63, 3.8) is 0 Å². The summed E-state index contributed by atoms with van der Waals surface area (Å²) >= 11 is 0. The molecule has 0 fully saturated rings. The van der Waals surface area contributed by atoms with Crippen LogP contribution >= 0.6 is 0 Å². The summed E-state index contributed by atoms with van der Waals surface area (Å²) in [5.74, 6) is 1.29. The third-order valence-electron chi connectivity index (χ3n) is 1.19. The van der Waals surface area contributed by atoms with Crippen molar-refractivity contribution in [3.05, 3.63) is 17.9 Å². The van der Waals surface area contributed by atoms with E-state index >= 15 is 0 Å². The maximum atomic E-state index is 5.34. The van der Waals surface area contributed by atoms with E-state index in [1.807, 2.05) is 19.9 Å². The Morgan fingerprint density at radius 2 is 2.27 bits per heavy atom. The first kappa shape index (κ1) is 8.14. The molecule has 0 unspecified atom stereocenters. The molecular formula is C8H13NO2. The van der Waals surface area contributed by atoms with Crippen LogP contribution < -0.4 is 10.5 Å². The van der Waals surface area contributed by atoms with Crippen molar-refractivity contribution < 1.29 is 9.15 Å². The summed E-state index contributed by atoms with van der Waals surface area (Å²) in [4.78, 5) is 0. The second kappa shape index (κ2) is 3.44. The molecule has 0 amide bonds. The number of ether oxygens (including phenoxy) is 1. The highest BCUT2D eigenvalue weighted by Crippen LogP contribution is 2.16. The zero-order valence-electron chi connectivity index (χ0n) is 6.83. The van der Waals surface area contributed by atoms with Crippen molar-refractivity contribution in [3.8, 4) is 5.95 Å². The molecule has 0 saturated carbocycles. The number of furan rings is 1. The molecule has 1 aromatic heterocycles. The summed E-state index contributed by atoms with van der Waals surface area (Å²) in [5.41, 5.74) is 5.34. The van der Waals surface area contributed by atoms with E-state index in [0.29, 0.717) is 12.5 Å². The first-order chi connectivity index (χ1) is 5.22. The molecule has 62 valence electrons. The van der Waals surface area contributed by atoms with Gasteiger partial charge in [0.15, 0.2) is 0 Å². The van der Waals surface area contributed by atoms with Gasteiger partial charge >= 0.3 is 0 Å². The van der Waals surface area contributed by atoms with Gasteiger partial charge in [0.05, 0.1) is 12.6 Å². The van der Waals surface area contributed by atoms with E-state index in [-0.39, 0.29) is 6.10 Å². The first-order valence-corrected chi connectivity index (χ1v) is 3.68. The van der Waals surface area contributed by atoms with Gasteiger partial charge in [0, 0.05) is 6.07 Å². The fourth-order valence-corrected chi connectivity index (χ4v) is 0.764. The minimum Gasteiger partial charge on any atom is -0.462 e.